The van der Waals surface area contributed by atoms with Crippen LogP contribution >= 0.6 is 0 Å². The Morgan fingerprint density at radius 1 is 1.21 bits per heavy atom. The molecule has 0 bridgehead atoms. The molecule has 3 heterocycles. The largest absolute Gasteiger partial charge is 0.369 e. The molecule has 19 heavy (non-hydrogen) atoms. The van der Waals surface area contributed by atoms with Crippen LogP contribution in [0, 0.1) is 6.92 Å². The molecule has 0 spiro atoms. The van der Waals surface area contributed by atoms with Gasteiger partial charge in [-0.25, -0.2) is 9.97 Å². The topological polar surface area (TPSA) is 74.5 Å². The quantitative estimate of drug-likeness (QED) is 0.769. The highest BCUT2D eigenvalue weighted by Gasteiger charge is 2.09. The Bertz CT molecular complexity index is 683. The number of hydrogen-bond acceptors (Lipinski definition) is 4. The summed E-state index contributed by atoms with van der Waals surface area (Å²) in [5, 5.41) is 4.18. The van der Waals surface area contributed by atoms with Crippen LogP contribution in [-0.2, 0) is 13.1 Å². The third-order valence-electron chi connectivity index (χ3n) is 3.09. The van der Waals surface area contributed by atoms with Crippen LogP contribution in [0.15, 0.2) is 30.6 Å². The lowest BCUT2D eigenvalue weighted by molar-refractivity contribution is 0.533. The number of imidazole rings is 1. The van der Waals surface area contributed by atoms with E-state index in [0.717, 1.165) is 36.4 Å². The fourth-order valence-corrected chi connectivity index (χ4v) is 2.16. The first-order valence-corrected chi connectivity index (χ1v) is 6.31. The first kappa shape index (κ1) is 11.7. The molecular formula is C13H16N6. The SMILES string of the molecule is Cc1ccc2nc(N)n(CCCn3cccn3)c2n1. The van der Waals surface area contributed by atoms with Gasteiger partial charge in [0.2, 0.25) is 5.95 Å². The molecule has 3 rings (SSSR count). The Morgan fingerprint density at radius 2 is 2.11 bits per heavy atom. The van der Waals surface area contributed by atoms with Gasteiger partial charge in [0.05, 0.1) is 0 Å². The molecule has 0 aromatic carbocycles. The predicted molar refractivity (Wildman–Crippen MR) is 73.5 cm³/mol. The van der Waals surface area contributed by atoms with Crippen molar-refractivity contribution in [2.45, 2.75) is 26.4 Å². The van der Waals surface area contributed by atoms with Gasteiger partial charge in [-0.2, -0.15) is 5.10 Å². The average molecular weight is 256 g/mol. The number of nitrogen functional groups attached to an aromatic ring is 1. The lowest BCUT2D eigenvalue weighted by Gasteiger charge is -2.06. The van der Waals surface area contributed by atoms with E-state index in [1.807, 2.05) is 40.6 Å². The third-order valence-corrected chi connectivity index (χ3v) is 3.09. The number of hydrogen-bond donors (Lipinski definition) is 1. The van der Waals surface area contributed by atoms with Gasteiger partial charge in [-0.15, -0.1) is 0 Å². The number of nitrogens with zero attached hydrogens (tertiary/aromatic N) is 5. The summed E-state index contributed by atoms with van der Waals surface area (Å²) in [6.07, 6.45) is 4.68. The van der Waals surface area contributed by atoms with Crippen LogP contribution in [0.5, 0.6) is 0 Å². The number of nitrogens with two attached hydrogens (primary N) is 1. The number of aryl methyl sites for hydroxylation is 3. The lowest BCUT2D eigenvalue weighted by Crippen LogP contribution is -2.08. The number of pyridine rings is 1. The van der Waals surface area contributed by atoms with E-state index in [9.17, 15) is 0 Å². The van der Waals surface area contributed by atoms with E-state index < -0.39 is 0 Å². The summed E-state index contributed by atoms with van der Waals surface area (Å²) in [6, 6.07) is 5.83. The molecule has 0 fully saturated rings. The van der Waals surface area contributed by atoms with E-state index in [-0.39, 0.29) is 0 Å². The zero-order valence-electron chi connectivity index (χ0n) is 10.8. The van der Waals surface area contributed by atoms with Gasteiger partial charge in [0.25, 0.3) is 0 Å². The monoisotopic (exact) mass is 256 g/mol. The Labute approximate surface area is 110 Å². The minimum absolute atomic E-state index is 0.522. The van der Waals surface area contributed by atoms with Crippen molar-refractivity contribution in [3.05, 3.63) is 36.3 Å². The molecule has 0 saturated carbocycles. The van der Waals surface area contributed by atoms with E-state index in [0.29, 0.717) is 5.95 Å². The normalized spacial score (nSPS) is 11.2. The average Bonchev–Trinajstić information content (AvgIpc) is 2.99. The van der Waals surface area contributed by atoms with Crippen LogP contribution in [0.25, 0.3) is 11.2 Å². The zero-order chi connectivity index (χ0) is 13.2. The maximum Gasteiger partial charge on any atom is 0.202 e. The fourth-order valence-electron chi connectivity index (χ4n) is 2.16. The standard InChI is InChI=1S/C13H16N6/c1-10-4-5-11-12(16-10)19(13(14)17-11)9-3-8-18-7-2-6-15-18/h2,4-7H,3,8-9H2,1H3,(H2,14,17). The first-order chi connectivity index (χ1) is 9.24. The number of fused-ring (bicyclic) bond motifs is 1. The van der Waals surface area contributed by atoms with Crippen molar-refractivity contribution >= 4 is 17.1 Å². The zero-order valence-corrected chi connectivity index (χ0v) is 10.8. The predicted octanol–water partition coefficient (Wildman–Crippen LogP) is 1.61. The van der Waals surface area contributed by atoms with E-state index in [1.54, 1.807) is 6.20 Å². The summed E-state index contributed by atoms with van der Waals surface area (Å²) < 4.78 is 3.87. The summed E-state index contributed by atoms with van der Waals surface area (Å²) >= 11 is 0. The molecule has 0 aliphatic carbocycles. The van der Waals surface area contributed by atoms with Crippen LogP contribution in [0.1, 0.15) is 12.1 Å². The van der Waals surface area contributed by atoms with Crippen molar-refractivity contribution in [3.63, 3.8) is 0 Å². The second-order valence-corrected chi connectivity index (χ2v) is 4.54. The Morgan fingerprint density at radius 3 is 2.89 bits per heavy atom. The summed E-state index contributed by atoms with van der Waals surface area (Å²) in [5.41, 5.74) is 8.63. The molecule has 0 saturated heterocycles. The molecule has 6 nitrogen and oxygen atoms in total. The molecule has 0 aliphatic heterocycles. The van der Waals surface area contributed by atoms with Gasteiger partial charge in [0.1, 0.15) is 5.52 Å². The van der Waals surface area contributed by atoms with Crippen LogP contribution in [0.2, 0.25) is 0 Å². The number of rotatable bonds is 4. The van der Waals surface area contributed by atoms with Crippen molar-refractivity contribution in [2.24, 2.45) is 0 Å². The van der Waals surface area contributed by atoms with Crippen molar-refractivity contribution in [1.82, 2.24) is 24.3 Å². The minimum Gasteiger partial charge on any atom is -0.369 e. The van der Waals surface area contributed by atoms with E-state index in [1.165, 1.54) is 0 Å². The van der Waals surface area contributed by atoms with Gasteiger partial charge in [0.15, 0.2) is 5.65 Å². The molecular weight excluding hydrogens is 240 g/mol. The first-order valence-electron chi connectivity index (χ1n) is 6.31. The summed E-state index contributed by atoms with van der Waals surface area (Å²) in [5.74, 6) is 0.522. The highest BCUT2D eigenvalue weighted by atomic mass is 15.3. The van der Waals surface area contributed by atoms with Crippen molar-refractivity contribution in [1.29, 1.82) is 0 Å². The molecule has 0 aliphatic rings. The number of anilines is 1. The van der Waals surface area contributed by atoms with Gasteiger partial charge in [-0.3, -0.25) is 9.25 Å². The van der Waals surface area contributed by atoms with Crippen molar-refractivity contribution < 1.29 is 0 Å². The summed E-state index contributed by atoms with van der Waals surface area (Å²) in [6.45, 7) is 3.62. The van der Waals surface area contributed by atoms with Gasteiger partial charge in [-0.05, 0) is 31.5 Å². The van der Waals surface area contributed by atoms with Gasteiger partial charge in [-0.1, -0.05) is 0 Å². The van der Waals surface area contributed by atoms with Crippen molar-refractivity contribution in [2.75, 3.05) is 5.73 Å². The third kappa shape index (κ3) is 2.29. The second kappa shape index (κ2) is 4.72. The Hall–Kier alpha value is -2.37. The molecule has 0 amide bonds. The van der Waals surface area contributed by atoms with Crippen LogP contribution < -0.4 is 5.73 Å². The molecule has 3 aromatic rings. The smallest absolute Gasteiger partial charge is 0.202 e. The summed E-state index contributed by atoms with van der Waals surface area (Å²) in [7, 11) is 0. The van der Waals surface area contributed by atoms with Gasteiger partial charge >= 0.3 is 0 Å². The highest BCUT2D eigenvalue weighted by molar-refractivity contribution is 5.74. The molecule has 6 heteroatoms. The van der Waals surface area contributed by atoms with E-state index in [2.05, 4.69) is 15.1 Å². The molecule has 0 radical (unpaired) electrons. The van der Waals surface area contributed by atoms with Crippen LogP contribution in [-0.4, -0.2) is 24.3 Å². The molecule has 2 N–H and O–H groups in total. The molecule has 3 aromatic heterocycles. The lowest BCUT2D eigenvalue weighted by atomic mass is 10.3. The van der Waals surface area contributed by atoms with Gasteiger partial charge < -0.3 is 5.73 Å². The molecule has 98 valence electrons. The van der Waals surface area contributed by atoms with Crippen LogP contribution in [0.4, 0.5) is 5.95 Å². The minimum atomic E-state index is 0.522. The van der Waals surface area contributed by atoms with E-state index >= 15 is 0 Å². The number of aromatic nitrogens is 5. The van der Waals surface area contributed by atoms with Crippen molar-refractivity contribution in [3.8, 4) is 0 Å². The van der Waals surface area contributed by atoms with Gasteiger partial charge in [0, 0.05) is 31.2 Å². The fraction of sp³-hybridized carbons (Fsp3) is 0.308. The molecule has 0 unspecified atom stereocenters. The Balaban J connectivity index is 1.80. The summed E-state index contributed by atoms with van der Waals surface area (Å²) in [4.78, 5) is 8.84. The highest BCUT2D eigenvalue weighted by Crippen LogP contribution is 2.16. The van der Waals surface area contributed by atoms with E-state index in [4.69, 9.17) is 5.73 Å². The molecule has 0 atom stereocenters. The second-order valence-electron chi connectivity index (χ2n) is 4.54. The van der Waals surface area contributed by atoms with Crippen LogP contribution in [0.3, 0.4) is 0 Å². The Kier molecular flexibility index (Phi) is 2.91. The maximum atomic E-state index is 5.95. The maximum absolute atomic E-state index is 5.95.